The summed E-state index contributed by atoms with van der Waals surface area (Å²) in [7, 11) is 1.55. The van der Waals surface area contributed by atoms with Crippen LogP contribution in [0.1, 0.15) is 41.3 Å². The Hall–Kier alpha value is -3.85. The van der Waals surface area contributed by atoms with Gasteiger partial charge in [0.2, 0.25) is 5.82 Å². The van der Waals surface area contributed by atoms with Crippen molar-refractivity contribution < 1.29 is 18.6 Å². The van der Waals surface area contributed by atoms with E-state index in [1.54, 1.807) is 25.6 Å². The van der Waals surface area contributed by atoms with Crippen molar-refractivity contribution in [1.29, 1.82) is 0 Å². The summed E-state index contributed by atoms with van der Waals surface area (Å²) in [6.45, 7) is 2.40. The van der Waals surface area contributed by atoms with Crippen molar-refractivity contribution in [2.45, 2.75) is 31.9 Å². The van der Waals surface area contributed by atoms with E-state index in [2.05, 4.69) is 15.1 Å². The lowest BCUT2D eigenvalue weighted by atomic mass is 9.86. The predicted molar refractivity (Wildman–Crippen MR) is 122 cm³/mol. The summed E-state index contributed by atoms with van der Waals surface area (Å²) in [6, 6.07) is 10.9. The fourth-order valence-electron chi connectivity index (χ4n) is 4.26. The lowest BCUT2D eigenvalue weighted by Crippen LogP contribution is -2.35. The van der Waals surface area contributed by atoms with E-state index in [4.69, 9.17) is 4.74 Å². The third-order valence-corrected chi connectivity index (χ3v) is 5.97. The molecule has 9 heteroatoms. The third kappa shape index (κ3) is 3.88. The third-order valence-electron chi connectivity index (χ3n) is 5.97. The second kappa shape index (κ2) is 8.49. The number of hydrogen-bond acceptors (Lipinski definition) is 5. The number of aliphatic hydroxyl groups is 1. The van der Waals surface area contributed by atoms with Crippen LogP contribution < -0.4 is 4.74 Å². The average Bonchev–Trinajstić information content (AvgIpc) is 3.47. The number of ether oxygens (including phenoxy) is 1. The highest BCUT2D eigenvalue weighted by molar-refractivity contribution is 5.75. The first-order chi connectivity index (χ1) is 16.4. The van der Waals surface area contributed by atoms with Crippen LogP contribution in [0.3, 0.4) is 0 Å². The number of methoxy groups -OCH3 is 1. The molecule has 0 fully saturated rings. The summed E-state index contributed by atoms with van der Waals surface area (Å²) in [5, 5.41) is 15.6. The highest BCUT2D eigenvalue weighted by atomic mass is 19.1. The number of aryl methyl sites for hydroxylation is 2. The summed E-state index contributed by atoms with van der Waals surface area (Å²) >= 11 is 0. The fourth-order valence-corrected chi connectivity index (χ4v) is 4.26. The van der Waals surface area contributed by atoms with Crippen molar-refractivity contribution >= 4 is 11.9 Å². The zero-order chi connectivity index (χ0) is 23.9. The van der Waals surface area contributed by atoms with Gasteiger partial charge in [-0.3, -0.25) is 0 Å². The van der Waals surface area contributed by atoms with Crippen LogP contribution in [0.4, 0.5) is 8.78 Å². The van der Waals surface area contributed by atoms with E-state index in [0.717, 1.165) is 11.4 Å². The molecule has 5 rings (SSSR count). The summed E-state index contributed by atoms with van der Waals surface area (Å²) in [5.41, 5.74) is 1.24. The molecule has 0 spiro atoms. The van der Waals surface area contributed by atoms with Crippen molar-refractivity contribution in [1.82, 2.24) is 24.3 Å². The Balaban J connectivity index is 1.48. The first-order valence-electron chi connectivity index (χ1n) is 10.9. The Morgan fingerprint density at radius 1 is 1.21 bits per heavy atom. The van der Waals surface area contributed by atoms with E-state index in [1.807, 2.05) is 23.8 Å². The Bertz CT molecular complexity index is 1380. The standard InChI is InChI=1S/C25H23F2N5O2/c1-16-14-31(15-28-16)21-9-4-17(13-22(21)34-2)12-20(27)23-29-24-25(33,10-3-11-32(24)30-23)18-5-7-19(26)8-6-18/h4-9,12-15,33H,3,10-11H2,1-2H3/t25-/m1/s1. The quantitative estimate of drug-likeness (QED) is 0.474. The van der Waals surface area contributed by atoms with Gasteiger partial charge in [0.1, 0.15) is 17.2 Å². The lowest BCUT2D eigenvalue weighted by Gasteiger charge is -2.31. The molecule has 1 N–H and O–H groups in total. The second-order valence-corrected chi connectivity index (χ2v) is 8.30. The van der Waals surface area contributed by atoms with Gasteiger partial charge in [0, 0.05) is 12.7 Å². The first kappa shape index (κ1) is 22.0. The van der Waals surface area contributed by atoms with Gasteiger partial charge in [-0.2, -0.15) is 0 Å². The molecule has 1 atom stereocenters. The molecule has 1 aliphatic rings. The number of fused-ring (bicyclic) bond motifs is 1. The number of aromatic nitrogens is 5. The molecule has 2 aromatic carbocycles. The van der Waals surface area contributed by atoms with Gasteiger partial charge >= 0.3 is 0 Å². The predicted octanol–water partition coefficient (Wildman–Crippen LogP) is 4.42. The number of imidazole rings is 1. The summed E-state index contributed by atoms with van der Waals surface area (Å²) in [6.07, 6.45) is 5.89. The maximum Gasteiger partial charge on any atom is 0.210 e. The van der Waals surface area contributed by atoms with Crippen LogP contribution in [-0.4, -0.2) is 36.5 Å². The van der Waals surface area contributed by atoms with Gasteiger partial charge in [0.15, 0.2) is 11.7 Å². The van der Waals surface area contributed by atoms with Gasteiger partial charge in [-0.05, 0) is 61.2 Å². The van der Waals surface area contributed by atoms with E-state index in [1.165, 1.54) is 35.0 Å². The molecule has 0 saturated carbocycles. The Morgan fingerprint density at radius 3 is 2.71 bits per heavy atom. The van der Waals surface area contributed by atoms with Crippen LogP contribution in [0.5, 0.6) is 5.75 Å². The fraction of sp³-hybridized carbons (Fsp3) is 0.240. The van der Waals surface area contributed by atoms with E-state index < -0.39 is 17.2 Å². The minimum absolute atomic E-state index is 0.120. The van der Waals surface area contributed by atoms with Crippen molar-refractivity contribution in [2.75, 3.05) is 7.11 Å². The van der Waals surface area contributed by atoms with Gasteiger partial charge in [0.25, 0.3) is 0 Å². The SMILES string of the molecule is COc1cc(C=C(F)c2nc3n(n2)CCC[C@@]3(O)c2ccc(F)cc2)ccc1-n1cnc(C)c1. The molecular formula is C25H23F2N5O2. The van der Waals surface area contributed by atoms with Crippen LogP contribution in [0.15, 0.2) is 55.0 Å². The molecule has 0 saturated heterocycles. The van der Waals surface area contributed by atoms with Gasteiger partial charge in [0.05, 0.1) is 24.8 Å². The van der Waals surface area contributed by atoms with E-state index in [0.29, 0.717) is 36.3 Å². The lowest BCUT2D eigenvalue weighted by molar-refractivity contribution is 0.0394. The largest absolute Gasteiger partial charge is 0.495 e. The number of nitrogens with zero attached hydrogens (tertiary/aromatic N) is 5. The molecule has 34 heavy (non-hydrogen) atoms. The minimum atomic E-state index is -1.47. The number of benzene rings is 2. The van der Waals surface area contributed by atoms with E-state index >= 15 is 4.39 Å². The van der Waals surface area contributed by atoms with E-state index in [9.17, 15) is 9.50 Å². The van der Waals surface area contributed by atoms with Crippen molar-refractivity contribution in [3.63, 3.8) is 0 Å². The molecule has 0 bridgehead atoms. The maximum atomic E-state index is 15.2. The summed E-state index contributed by atoms with van der Waals surface area (Å²) < 4.78 is 37.4. The molecule has 0 unspecified atom stereocenters. The van der Waals surface area contributed by atoms with Crippen molar-refractivity contribution in [3.05, 3.63) is 89.3 Å². The second-order valence-electron chi connectivity index (χ2n) is 8.30. The molecule has 3 heterocycles. The molecule has 0 aliphatic carbocycles. The normalized spacial score (nSPS) is 18.1. The molecule has 2 aromatic heterocycles. The highest BCUT2D eigenvalue weighted by Gasteiger charge is 2.40. The van der Waals surface area contributed by atoms with Crippen LogP contribution in [0.25, 0.3) is 17.6 Å². The summed E-state index contributed by atoms with van der Waals surface area (Å²) in [5.74, 6) is -0.361. The minimum Gasteiger partial charge on any atom is -0.495 e. The molecule has 7 nitrogen and oxygen atoms in total. The van der Waals surface area contributed by atoms with Gasteiger partial charge in [-0.15, -0.1) is 5.10 Å². The van der Waals surface area contributed by atoms with Crippen LogP contribution >= 0.6 is 0 Å². The topological polar surface area (TPSA) is 78.0 Å². The van der Waals surface area contributed by atoms with Gasteiger partial charge < -0.3 is 14.4 Å². The number of hydrogen-bond donors (Lipinski definition) is 1. The zero-order valence-corrected chi connectivity index (χ0v) is 18.7. The monoisotopic (exact) mass is 463 g/mol. The molecule has 174 valence electrons. The molecule has 4 aromatic rings. The average molecular weight is 463 g/mol. The molecular weight excluding hydrogens is 440 g/mol. The summed E-state index contributed by atoms with van der Waals surface area (Å²) in [4.78, 5) is 8.56. The molecule has 1 aliphatic heterocycles. The first-order valence-corrected chi connectivity index (χ1v) is 10.9. The maximum absolute atomic E-state index is 15.2. The van der Waals surface area contributed by atoms with Crippen LogP contribution in [0.2, 0.25) is 0 Å². The van der Waals surface area contributed by atoms with Gasteiger partial charge in [-0.25, -0.2) is 23.4 Å². The van der Waals surface area contributed by atoms with Crippen molar-refractivity contribution in [3.8, 4) is 11.4 Å². The highest BCUT2D eigenvalue weighted by Crippen LogP contribution is 2.37. The van der Waals surface area contributed by atoms with Crippen LogP contribution in [0, 0.1) is 12.7 Å². The van der Waals surface area contributed by atoms with Crippen LogP contribution in [-0.2, 0) is 12.1 Å². The molecule has 0 radical (unpaired) electrons. The zero-order valence-electron chi connectivity index (χ0n) is 18.7. The number of rotatable bonds is 5. The smallest absolute Gasteiger partial charge is 0.210 e. The number of halogens is 2. The Kier molecular flexibility index (Phi) is 5.49. The van der Waals surface area contributed by atoms with Gasteiger partial charge in [-0.1, -0.05) is 18.2 Å². The molecule has 0 amide bonds. The van der Waals surface area contributed by atoms with Crippen molar-refractivity contribution in [2.24, 2.45) is 0 Å². The Labute approximate surface area is 195 Å². The Morgan fingerprint density at radius 2 is 2.00 bits per heavy atom. The van der Waals surface area contributed by atoms with E-state index in [-0.39, 0.29) is 11.6 Å².